The summed E-state index contributed by atoms with van der Waals surface area (Å²) in [4.78, 5) is 38.6. The van der Waals surface area contributed by atoms with Gasteiger partial charge in [0.1, 0.15) is 30.6 Å². The molecule has 0 radical (unpaired) electrons. The fourth-order valence-corrected chi connectivity index (χ4v) is 6.31. The van der Waals surface area contributed by atoms with Crippen molar-refractivity contribution in [3.63, 3.8) is 0 Å². The van der Waals surface area contributed by atoms with E-state index in [-0.39, 0.29) is 12.4 Å². The number of nitrogen functional groups attached to an aromatic ring is 1. The van der Waals surface area contributed by atoms with E-state index < -0.39 is 74.1 Å². The number of carbonyl (C=O) groups is 3. The number of benzene rings is 1. The first-order valence-corrected chi connectivity index (χ1v) is 16.9. The molecule has 15 nitrogen and oxygen atoms in total. The first-order valence-electron chi connectivity index (χ1n) is 15.4. The van der Waals surface area contributed by atoms with E-state index in [1.165, 1.54) is 29.8 Å². The lowest BCUT2D eigenvalue weighted by atomic mass is 9.95. The fraction of sp³-hybridized carbons (Fsp3) is 0.469. The molecule has 1 unspecified atom stereocenters. The van der Waals surface area contributed by atoms with Crippen molar-refractivity contribution in [3.8, 4) is 11.8 Å². The van der Waals surface area contributed by atoms with E-state index in [2.05, 4.69) is 10.2 Å². The smallest absolute Gasteiger partial charge is 0.459 e. The zero-order valence-corrected chi connectivity index (χ0v) is 28.4. The molecule has 6 atom stereocenters. The molecule has 2 aromatic heterocycles. The third-order valence-corrected chi connectivity index (χ3v) is 8.96. The van der Waals surface area contributed by atoms with Crippen LogP contribution in [0.15, 0.2) is 54.7 Å². The lowest BCUT2D eigenvalue weighted by Crippen LogP contribution is -2.50. The van der Waals surface area contributed by atoms with Crippen LogP contribution in [0.5, 0.6) is 5.75 Å². The zero-order valence-electron chi connectivity index (χ0n) is 27.5. The number of nitrogens with one attached hydrogen (secondary N) is 1. The highest BCUT2D eigenvalue weighted by Crippen LogP contribution is 2.50. The van der Waals surface area contributed by atoms with Gasteiger partial charge in [0.05, 0.1) is 35.3 Å². The number of ether oxygens (including phenoxy) is 4. The van der Waals surface area contributed by atoms with Gasteiger partial charge in [-0.05, 0) is 44.2 Å². The van der Waals surface area contributed by atoms with Crippen molar-refractivity contribution >= 4 is 36.9 Å². The van der Waals surface area contributed by atoms with Crippen LogP contribution in [0.1, 0.15) is 53.3 Å². The first-order chi connectivity index (χ1) is 22.7. The Morgan fingerprint density at radius 2 is 1.71 bits per heavy atom. The number of hydrogen-bond acceptors (Lipinski definition) is 13. The van der Waals surface area contributed by atoms with Gasteiger partial charge in [-0.2, -0.15) is 15.4 Å². The van der Waals surface area contributed by atoms with Gasteiger partial charge in [0.2, 0.25) is 5.60 Å². The molecule has 0 spiro atoms. The quantitative estimate of drug-likeness (QED) is 0.139. The highest BCUT2D eigenvalue weighted by Gasteiger charge is 2.62. The van der Waals surface area contributed by atoms with E-state index in [4.69, 9.17) is 33.7 Å². The number of aromatic nitrogens is 2. The summed E-state index contributed by atoms with van der Waals surface area (Å²) >= 11 is 0. The number of para-hydroxylation sites is 1. The molecule has 1 aliphatic rings. The second kappa shape index (κ2) is 15.2. The van der Waals surface area contributed by atoms with Crippen molar-refractivity contribution in [2.45, 2.75) is 71.5 Å². The van der Waals surface area contributed by atoms with Crippen LogP contribution in [0, 0.1) is 23.2 Å². The summed E-state index contributed by atoms with van der Waals surface area (Å²) in [6, 6.07) is 13.7. The van der Waals surface area contributed by atoms with Crippen LogP contribution in [0.25, 0.3) is 5.52 Å². The molecule has 4 rings (SSSR count). The van der Waals surface area contributed by atoms with Crippen molar-refractivity contribution in [1.29, 1.82) is 5.26 Å². The van der Waals surface area contributed by atoms with Crippen LogP contribution in [-0.2, 0) is 42.4 Å². The maximum absolute atomic E-state index is 14.3. The number of nitriles is 1. The van der Waals surface area contributed by atoms with E-state index >= 15 is 0 Å². The Balaban J connectivity index is 1.80. The topological polar surface area (TPSA) is 203 Å². The van der Waals surface area contributed by atoms with Crippen molar-refractivity contribution in [2.75, 3.05) is 18.9 Å². The van der Waals surface area contributed by atoms with Gasteiger partial charge in [0.25, 0.3) is 0 Å². The monoisotopic (exact) mass is 685 g/mol. The van der Waals surface area contributed by atoms with E-state index in [1.54, 1.807) is 71.0 Å². The van der Waals surface area contributed by atoms with Gasteiger partial charge in [-0.15, -0.1) is 0 Å². The maximum Gasteiger partial charge on any atom is 0.459 e. The minimum atomic E-state index is -4.52. The van der Waals surface area contributed by atoms with Crippen LogP contribution in [0.4, 0.5) is 5.69 Å². The van der Waals surface area contributed by atoms with E-state index in [0.717, 1.165) is 0 Å². The Bertz CT molecular complexity index is 1710. The molecule has 258 valence electrons. The Morgan fingerprint density at radius 3 is 2.33 bits per heavy atom. The molecule has 1 saturated heterocycles. The largest absolute Gasteiger partial charge is 0.465 e. The third kappa shape index (κ3) is 7.96. The van der Waals surface area contributed by atoms with Crippen molar-refractivity contribution in [1.82, 2.24) is 14.7 Å². The van der Waals surface area contributed by atoms with Gasteiger partial charge in [-0.3, -0.25) is 18.9 Å². The van der Waals surface area contributed by atoms with Gasteiger partial charge in [0.15, 0.2) is 12.2 Å². The molecule has 0 aliphatic carbocycles. The Labute approximate surface area is 278 Å². The number of anilines is 1. The molecule has 0 saturated carbocycles. The third-order valence-electron chi connectivity index (χ3n) is 7.34. The van der Waals surface area contributed by atoms with Crippen LogP contribution >= 0.6 is 7.75 Å². The van der Waals surface area contributed by atoms with Gasteiger partial charge < -0.3 is 29.2 Å². The molecule has 1 aromatic carbocycles. The molecule has 0 bridgehead atoms. The molecule has 3 aromatic rings. The summed E-state index contributed by atoms with van der Waals surface area (Å²) in [5, 5.41) is 17.6. The number of rotatable bonds is 14. The molecular formula is C32H40N5O10P. The minimum absolute atomic E-state index is 0.0661. The molecule has 3 heterocycles. The summed E-state index contributed by atoms with van der Waals surface area (Å²) in [5.41, 5.74) is 5.14. The molecule has 3 N–H and O–H groups in total. The molecular weight excluding hydrogens is 645 g/mol. The summed E-state index contributed by atoms with van der Waals surface area (Å²) in [5.74, 6) is -3.26. The number of nitrogens with two attached hydrogens (primary N) is 1. The normalized spacial score (nSPS) is 22.5. The maximum atomic E-state index is 14.3. The molecule has 48 heavy (non-hydrogen) atoms. The average Bonchev–Trinajstić information content (AvgIpc) is 3.61. The Hall–Kier alpha value is -4.48. The van der Waals surface area contributed by atoms with E-state index in [9.17, 15) is 24.2 Å². The van der Waals surface area contributed by atoms with Crippen LogP contribution in [0.2, 0.25) is 0 Å². The predicted molar refractivity (Wildman–Crippen MR) is 171 cm³/mol. The summed E-state index contributed by atoms with van der Waals surface area (Å²) in [6.07, 6.45) is -2.78. The number of esters is 3. The SMILES string of the molecule is CCOC(=O)[C@H](C)NP(=O)(OC[C@@]1(C#N)O[C@@H](c2ccc3c(N)ccnn23)[C@H](OC(=O)C(C)C)[C@@H]1OC(=O)C(C)C)Oc1ccccc1. The van der Waals surface area contributed by atoms with E-state index in [0.29, 0.717) is 16.9 Å². The van der Waals surface area contributed by atoms with E-state index in [1.807, 2.05) is 6.07 Å². The number of hydrogen-bond donors (Lipinski definition) is 2. The predicted octanol–water partition coefficient (Wildman–Crippen LogP) is 4.13. The van der Waals surface area contributed by atoms with Crippen LogP contribution in [0.3, 0.4) is 0 Å². The fourth-order valence-electron chi connectivity index (χ4n) is 4.79. The minimum Gasteiger partial charge on any atom is -0.465 e. The summed E-state index contributed by atoms with van der Waals surface area (Å²) in [6.45, 7) is 8.65. The Morgan fingerprint density at radius 1 is 1.04 bits per heavy atom. The molecule has 1 fully saturated rings. The van der Waals surface area contributed by atoms with Crippen molar-refractivity contribution < 1.29 is 46.9 Å². The average molecular weight is 686 g/mol. The number of nitrogens with zero attached hydrogens (tertiary/aromatic N) is 3. The van der Waals surface area contributed by atoms with Crippen molar-refractivity contribution in [2.24, 2.45) is 11.8 Å². The highest BCUT2D eigenvalue weighted by atomic mass is 31.2. The lowest BCUT2D eigenvalue weighted by molar-refractivity contribution is -0.173. The van der Waals surface area contributed by atoms with Gasteiger partial charge >= 0.3 is 25.7 Å². The van der Waals surface area contributed by atoms with Crippen molar-refractivity contribution in [3.05, 3.63) is 60.4 Å². The zero-order chi connectivity index (χ0) is 35.2. The standard InChI is InChI=1S/C32H40N5O10P/c1-7-42-31(40)21(6)36-48(41,47-22-11-9-8-10-12-22)43-18-32(17-33)28(45-30(39)20(4)5)27(44-29(38)19(2)3)26(46-32)25-14-13-24-23(34)15-16-35-37(24)25/h8-16,19-21,26-28H,7,18,34H2,1-6H3,(H,36,41)/t21-,26-,27-,28-,32+,48?/m0/s1. The van der Waals surface area contributed by atoms with Gasteiger partial charge in [-0.25, -0.2) is 9.08 Å². The number of carbonyl (C=O) groups excluding carboxylic acids is 3. The second-order valence-electron chi connectivity index (χ2n) is 11.7. The van der Waals surface area contributed by atoms with Crippen LogP contribution < -0.4 is 15.3 Å². The lowest BCUT2D eigenvalue weighted by Gasteiger charge is -2.31. The number of fused-ring (bicyclic) bond motifs is 1. The summed E-state index contributed by atoms with van der Waals surface area (Å²) in [7, 11) is -4.52. The van der Waals surface area contributed by atoms with Gasteiger partial charge in [0, 0.05) is 6.20 Å². The first kappa shape index (κ1) is 36.4. The molecule has 16 heteroatoms. The molecule has 0 amide bonds. The Kier molecular flexibility index (Phi) is 11.5. The van der Waals surface area contributed by atoms with Gasteiger partial charge in [-0.1, -0.05) is 45.9 Å². The van der Waals surface area contributed by atoms with Crippen LogP contribution in [-0.4, -0.2) is 64.6 Å². The summed E-state index contributed by atoms with van der Waals surface area (Å²) < 4.78 is 50.5. The molecule has 1 aliphatic heterocycles. The second-order valence-corrected chi connectivity index (χ2v) is 13.4. The highest BCUT2D eigenvalue weighted by molar-refractivity contribution is 7.52.